The summed E-state index contributed by atoms with van der Waals surface area (Å²) in [6.07, 6.45) is 5.19. The number of nitrogens with one attached hydrogen (secondary N) is 1. The van der Waals surface area contributed by atoms with Gasteiger partial charge in [0.15, 0.2) is 20.1 Å². The van der Waals surface area contributed by atoms with Gasteiger partial charge in [-0.2, -0.15) is 5.26 Å². The molecular formula is C12H12N6O3S4. The van der Waals surface area contributed by atoms with Crippen molar-refractivity contribution in [2.24, 2.45) is 0 Å². The van der Waals surface area contributed by atoms with Crippen molar-refractivity contribution in [1.29, 1.82) is 5.26 Å². The van der Waals surface area contributed by atoms with Crippen molar-refractivity contribution < 1.29 is 9.90 Å². The second kappa shape index (κ2) is 10.7. The van der Waals surface area contributed by atoms with Crippen molar-refractivity contribution in [3.8, 4) is 6.07 Å². The maximum Gasteiger partial charge on any atom is 0.290 e. The van der Waals surface area contributed by atoms with Crippen molar-refractivity contribution in [3.05, 3.63) is 21.6 Å². The van der Waals surface area contributed by atoms with Crippen molar-refractivity contribution in [3.63, 3.8) is 0 Å². The van der Waals surface area contributed by atoms with Crippen LogP contribution in [-0.2, 0) is 4.79 Å². The molecule has 132 valence electrons. The smallest absolute Gasteiger partial charge is 0.290 e. The molecule has 13 heteroatoms. The largest absolute Gasteiger partial charge is 0.483 e. The van der Waals surface area contributed by atoms with Gasteiger partial charge < -0.3 is 15.8 Å². The first-order chi connectivity index (χ1) is 12.0. The van der Waals surface area contributed by atoms with E-state index in [1.54, 1.807) is 0 Å². The Morgan fingerprint density at radius 1 is 1.32 bits per heavy atom. The SMILES string of the molecule is CSc1nc(N)c(C#N)s1.CSc1nc2nc[nH]c(=O)c2s1.O=CO. The third-order valence-electron chi connectivity index (χ3n) is 2.26. The van der Waals surface area contributed by atoms with E-state index in [0.717, 1.165) is 8.68 Å². The molecule has 0 radical (unpaired) electrons. The van der Waals surface area contributed by atoms with Crippen molar-refractivity contribution in [2.45, 2.75) is 8.68 Å². The minimum Gasteiger partial charge on any atom is -0.483 e. The molecule has 0 bridgehead atoms. The van der Waals surface area contributed by atoms with Crippen LogP contribution >= 0.6 is 46.2 Å². The Morgan fingerprint density at radius 3 is 2.36 bits per heavy atom. The van der Waals surface area contributed by atoms with Crippen molar-refractivity contribution in [2.75, 3.05) is 18.2 Å². The fourth-order valence-electron chi connectivity index (χ4n) is 1.31. The van der Waals surface area contributed by atoms with Crippen LogP contribution in [0.25, 0.3) is 10.3 Å². The summed E-state index contributed by atoms with van der Waals surface area (Å²) in [6.45, 7) is -0.250. The zero-order chi connectivity index (χ0) is 18.8. The minimum absolute atomic E-state index is 0.113. The molecule has 0 saturated heterocycles. The normalized spacial score (nSPS) is 9.32. The number of aromatic amines is 1. The molecule has 0 unspecified atom stereocenters. The number of carboxylic acid groups (broad SMARTS) is 1. The number of hydrogen-bond donors (Lipinski definition) is 3. The predicted octanol–water partition coefficient (Wildman–Crippen LogP) is 2.12. The molecule has 9 nitrogen and oxygen atoms in total. The highest BCUT2D eigenvalue weighted by Crippen LogP contribution is 2.26. The van der Waals surface area contributed by atoms with Gasteiger partial charge in [-0.25, -0.2) is 15.0 Å². The van der Waals surface area contributed by atoms with E-state index in [0.29, 0.717) is 21.0 Å². The number of rotatable bonds is 2. The van der Waals surface area contributed by atoms with E-state index in [-0.39, 0.29) is 12.0 Å². The number of fused-ring (bicyclic) bond motifs is 1. The number of hydrogen-bond acceptors (Lipinski definition) is 11. The van der Waals surface area contributed by atoms with E-state index in [9.17, 15) is 4.79 Å². The van der Waals surface area contributed by atoms with Crippen molar-refractivity contribution in [1.82, 2.24) is 19.9 Å². The second-order valence-corrected chi connectivity index (χ2v) is 7.79. The van der Waals surface area contributed by atoms with E-state index in [1.807, 2.05) is 18.6 Å². The number of nitrogen functional groups attached to an aromatic ring is 1. The summed E-state index contributed by atoms with van der Waals surface area (Å²) in [4.78, 5) is 34.6. The average molecular weight is 417 g/mol. The fourth-order valence-corrected chi connectivity index (χ4v) is 4.01. The molecule has 3 aromatic heterocycles. The summed E-state index contributed by atoms with van der Waals surface area (Å²) < 4.78 is 2.31. The van der Waals surface area contributed by atoms with Crippen LogP contribution in [0.15, 0.2) is 19.8 Å². The molecule has 3 aromatic rings. The van der Waals surface area contributed by atoms with Crippen LogP contribution in [0, 0.1) is 11.3 Å². The van der Waals surface area contributed by atoms with Gasteiger partial charge in [0, 0.05) is 0 Å². The van der Waals surface area contributed by atoms with E-state index < -0.39 is 0 Å². The van der Waals surface area contributed by atoms with E-state index in [4.69, 9.17) is 20.9 Å². The van der Waals surface area contributed by atoms with Gasteiger partial charge in [0.05, 0.1) is 6.33 Å². The highest BCUT2D eigenvalue weighted by molar-refractivity contribution is 8.00. The average Bonchev–Trinajstić information content (AvgIpc) is 3.19. The number of nitriles is 1. The molecule has 0 aliphatic rings. The fraction of sp³-hybridized carbons (Fsp3) is 0.167. The van der Waals surface area contributed by atoms with Crippen LogP contribution < -0.4 is 11.3 Å². The summed E-state index contributed by atoms with van der Waals surface area (Å²) in [7, 11) is 0. The Labute approximate surface area is 158 Å². The molecule has 0 aromatic carbocycles. The van der Waals surface area contributed by atoms with Gasteiger partial charge in [0.1, 0.15) is 15.6 Å². The van der Waals surface area contributed by atoms with Crippen LogP contribution in [0.4, 0.5) is 5.82 Å². The van der Waals surface area contributed by atoms with Gasteiger partial charge in [-0.3, -0.25) is 9.59 Å². The first-order valence-electron chi connectivity index (χ1n) is 6.17. The Kier molecular flexibility index (Phi) is 8.92. The summed E-state index contributed by atoms with van der Waals surface area (Å²) >= 11 is 5.71. The topological polar surface area (TPSA) is 159 Å². The molecule has 0 amide bonds. The maximum absolute atomic E-state index is 11.2. The number of nitrogens with zero attached hydrogens (tertiary/aromatic N) is 4. The predicted molar refractivity (Wildman–Crippen MR) is 102 cm³/mol. The summed E-state index contributed by atoms with van der Waals surface area (Å²) in [5, 5.41) is 15.3. The van der Waals surface area contributed by atoms with Crippen LogP contribution in [0.5, 0.6) is 0 Å². The zero-order valence-electron chi connectivity index (χ0n) is 12.9. The number of thioether (sulfide) groups is 2. The van der Waals surface area contributed by atoms with E-state index in [2.05, 4.69) is 19.9 Å². The first kappa shape index (κ1) is 20.9. The highest BCUT2D eigenvalue weighted by Gasteiger charge is 2.06. The molecule has 3 rings (SSSR count). The van der Waals surface area contributed by atoms with Crippen LogP contribution in [0.3, 0.4) is 0 Å². The quantitative estimate of drug-likeness (QED) is 0.417. The summed E-state index contributed by atoms with van der Waals surface area (Å²) in [5.41, 5.74) is 5.81. The second-order valence-electron chi connectivity index (χ2n) is 3.68. The Hall–Kier alpha value is -2.14. The maximum atomic E-state index is 11.2. The minimum atomic E-state index is -0.250. The van der Waals surface area contributed by atoms with Gasteiger partial charge in [-0.15, -0.1) is 11.3 Å². The molecule has 3 heterocycles. The Morgan fingerprint density at radius 2 is 1.92 bits per heavy atom. The molecule has 0 saturated carbocycles. The van der Waals surface area contributed by atoms with Gasteiger partial charge in [0.25, 0.3) is 12.0 Å². The molecule has 4 N–H and O–H groups in total. The number of H-pyrrole nitrogens is 1. The molecule has 0 aliphatic carbocycles. The van der Waals surface area contributed by atoms with Crippen LogP contribution in [0.1, 0.15) is 4.88 Å². The lowest BCUT2D eigenvalue weighted by Gasteiger charge is -1.80. The number of thiazole rings is 2. The van der Waals surface area contributed by atoms with Crippen LogP contribution in [0.2, 0.25) is 0 Å². The standard InChI is InChI=1S/C6H5N3OS2.C5H5N3S2.CH2O2/c1-11-6-9-4-3(12-6)5(10)8-2-7-4;1-9-5-8-4(7)3(2-6)10-5;2-1-3/h2H,1H3,(H,7,8,10);7H2,1H3;1H,(H,2,3). The van der Waals surface area contributed by atoms with Crippen molar-refractivity contribution >= 4 is 68.8 Å². The monoisotopic (exact) mass is 416 g/mol. The van der Waals surface area contributed by atoms with Gasteiger partial charge in [0.2, 0.25) is 0 Å². The summed E-state index contributed by atoms with van der Waals surface area (Å²) in [6, 6.07) is 1.97. The lowest BCUT2D eigenvalue weighted by Crippen LogP contribution is -2.03. The first-order valence-corrected chi connectivity index (χ1v) is 10.2. The molecular weight excluding hydrogens is 404 g/mol. The number of aromatic nitrogens is 4. The van der Waals surface area contributed by atoms with Gasteiger partial charge >= 0.3 is 0 Å². The number of carbonyl (C=O) groups is 1. The number of anilines is 1. The third kappa shape index (κ3) is 6.02. The highest BCUT2D eigenvalue weighted by atomic mass is 32.2. The molecule has 0 fully saturated rings. The van der Waals surface area contributed by atoms with E-state index in [1.165, 1.54) is 52.5 Å². The lowest BCUT2D eigenvalue weighted by molar-refractivity contribution is -0.122. The Bertz CT molecular complexity index is 929. The molecule has 0 aliphatic heterocycles. The summed E-state index contributed by atoms with van der Waals surface area (Å²) in [5.74, 6) is 0.344. The Balaban J connectivity index is 0.000000220. The zero-order valence-corrected chi connectivity index (χ0v) is 16.2. The van der Waals surface area contributed by atoms with Gasteiger partial charge in [-0.1, -0.05) is 34.9 Å². The lowest BCUT2D eigenvalue weighted by atomic mass is 10.6. The van der Waals surface area contributed by atoms with Gasteiger partial charge in [-0.05, 0) is 12.5 Å². The molecule has 0 atom stereocenters. The molecule has 25 heavy (non-hydrogen) atoms. The number of nitrogens with two attached hydrogens (primary N) is 1. The molecule has 0 spiro atoms. The van der Waals surface area contributed by atoms with Crippen LogP contribution in [-0.4, -0.2) is 44.0 Å². The van der Waals surface area contributed by atoms with E-state index >= 15 is 0 Å². The third-order valence-corrected chi connectivity index (χ3v) is 6.25.